The molecule has 0 aliphatic carbocycles. The van der Waals surface area contributed by atoms with Gasteiger partial charge in [0, 0.05) is 45.8 Å². The van der Waals surface area contributed by atoms with E-state index in [1.165, 1.54) is 19.4 Å². The number of benzene rings is 1. The van der Waals surface area contributed by atoms with Crippen LogP contribution in [0, 0.1) is 0 Å². The Hall–Kier alpha value is -1.35. The SMILES string of the molecule is CCN1CCCC1CNC(=NC)NCCc1cccc(C(=O)N(C)C)c1.I. The van der Waals surface area contributed by atoms with Crippen LogP contribution in [0.4, 0.5) is 0 Å². The number of nitrogens with one attached hydrogen (secondary N) is 2. The fourth-order valence-corrected chi connectivity index (χ4v) is 3.42. The second kappa shape index (κ2) is 12.2. The van der Waals surface area contributed by atoms with E-state index in [9.17, 15) is 4.79 Å². The lowest BCUT2D eigenvalue weighted by molar-refractivity contribution is 0.0827. The Bertz CT molecular complexity index is 620. The first-order chi connectivity index (χ1) is 12.5. The molecule has 0 saturated carbocycles. The van der Waals surface area contributed by atoms with Gasteiger partial charge in [-0.05, 0) is 50.0 Å². The van der Waals surface area contributed by atoms with Gasteiger partial charge in [-0.15, -0.1) is 24.0 Å². The van der Waals surface area contributed by atoms with Gasteiger partial charge in [-0.25, -0.2) is 0 Å². The molecule has 1 heterocycles. The molecule has 1 aliphatic heterocycles. The third-order valence-corrected chi connectivity index (χ3v) is 4.92. The first kappa shape index (κ1) is 23.7. The molecule has 1 amide bonds. The molecule has 0 bridgehead atoms. The maximum atomic E-state index is 12.1. The Morgan fingerprint density at radius 2 is 2.11 bits per heavy atom. The molecule has 27 heavy (non-hydrogen) atoms. The molecule has 1 fully saturated rings. The third kappa shape index (κ3) is 7.29. The van der Waals surface area contributed by atoms with Gasteiger partial charge in [0.2, 0.25) is 0 Å². The summed E-state index contributed by atoms with van der Waals surface area (Å²) < 4.78 is 0. The molecule has 0 radical (unpaired) electrons. The van der Waals surface area contributed by atoms with Crippen molar-refractivity contribution in [2.75, 3.05) is 47.3 Å². The number of likely N-dealkylation sites (N-methyl/N-ethyl adjacent to an activating group) is 1. The summed E-state index contributed by atoms with van der Waals surface area (Å²) in [5, 5.41) is 6.81. The molecular weight excluding hydrogens is 453 g/mol. The lowest BCUT2D eigenvalue weighted by Crippen LogP contribution is -2.45. The van der Waals surface area contributed by atoms with Crippen LogP contribution in [0.3, 0.4) is 0 Å². The summed E-state index contributed by atoms with van der Waals surface area (Å²) in [5.41, 5.74) is 1.88. The first-order valence-corrected chi connectivity index (χ1v) is 9.54. The number of hydrogen-bond donors (Lipinski definition) is 2. The zero-order valence-corrected chi connectivity index (χ0v) is 19.3. The number of halogens is 1. The minimum Gasteiger partial charge on any atom is -0.356 e. The molecule has 1 aliphatic rings. The number of carbonyl (C=O) groups excluding carboxylic acids is 1. The average molecular weight is 487 g/mol. The number of rotatable bonds is 7. The van der Waals surface area contributed by atoms with Gasteiger partial charge in [0.25, 0.3) is 5.91 Å². The van der Waals surface area contributed by atoms with Crippen LogP contribution in [0.15, 0.2) is 29.3 Å². The second-order valence-corrected chi connectivity index (χ2v) is 6.95. The first-order valence-electron chi connectivity index (χ1n) is 9.54. The fraction of sp³-hybridized carbons (Fsp3) is 0.600. The topological polar surface area (TPSA) is 60.0 Å². The zero-order valence-electron chi connectivity index (χ0n) is 17.0. The molecule has 7 heteroatoms. The highest BCUT2D eigenvalue weighted by atomic mass is 127. The van der Waals surface area contributed by atoms with Crippen LogP contribution in [0.2, 0.25) is 0 Å². The van der Waals surface area contributed by atoms with Gasteiger partial charge in [-0.3, -0.25) is 14.7 Å². The van der Waals surface area contributed by atoms with Crippen molar-refractivity contribution in [3.8, 4) is 0 Å². The number of amides is 1. The molecular formula is C20H34IN5O. The number of nitrogens with zero attached hydrogens (tertiary/aromatic N) is 3. The highest BCUT2D eigenvalue weighted by molar-refractivity contribution is 14.0. The van der Waals surface area contributed by atoms with Gasteiger partial charge >= 0.3 is 0 Å². The summed E-state index contributed by atoms with van der Waals surface area (Å²) in [5.74, 6) is 0.878. The molecule has 1 aromatic carbocycles. The van der Waals surface area contributed by atoms with Crippen molar-refractivity contribution in [1.29, 1.82) is 0 Å². The summed E-state index contributed by atoms with van der Waals surface area (Å²) in [7, 11) is 5.35. The van der Waals surface area contributed by atoms with E-state index in [1.54, 1.807) is 26.0 Å². The van der Waals surface area contributed by atoms with Crippen molar-refractivity contribution < 1.29 is 4.79 Å². The largest absolute Gasteiger partial charge is 0.356 e. The van der Waals surface area contributed by atoms with Crippen molar-refractivity contribution >= 4 is 35.8 Å². The third-order valence-electron chi connectivity index (χ3n) is 4.92. The summed E-state index contributed by atoms with van der Waals surface area (Å²) in [6.07, 6.45) is 3.39. The Balaban J connectivity index is 0.00000364. The van der Waals surface area contributed by atoms with Gasteiger partial charge in [0.1, 0.15) is 0 Å². The lowest BCUT2D eigenvalue weighted by atomic mass is 10.1. The fourth-order valence-electron chi connectivity index (χ4n) is 3.42. The van der Waals surface area contributed by atoms with Crippen molar-refractivity contribution in [1.82, 2.24) is 20.4 Å². The molecule has 1 atom stereocenters. The molecule has 152 valence electrons. The van der Waals surface area contributed by atoms with Gasteiger partial charge in [-0.2, -0.15) is 0 Å². The standard InChI is InChI=1S/C20H33N5O.HI/c1-5-25-13-7-10-18(25)15-23-20(21-2)22-12-11-16-8-6-9-17(14-16)19(26)24(3)4;/h6,8-9,14,18H,5,7,10-13,15H2,1-4H3,(H2,21,22,23);1H. The summed E-state index contributed by atoms with van der Waals surface area (Å²) in [4.78, 5) is 20.5. The summed E-state index contributed by atoms with van der Waals surface area (Å²) >= 11 is 0. The summed E-state index contributed by atoms with van der Waals surface area (Å²) in [6.45, 7) is 6.25. The van der Waals surface area contributed by atoms with E-state index in [1.807, 2.05) is 18.2 Å². The highest BCUT2D eigenvalue weighted by Gasteiger charge is 2.22. The van der Waals surface area contributed by atoms with Gasteiger partial charge in [0.05, 0.1) is 0 Å². The van der Waals surface area contributed by atoms with E-state index in [-0.39, 0.29) is 29.9 Å². The Morgan fingerprint density at radius 3 is 2.78 bits per heavy atom. The lowest BCUT2D eigenvalue weighted by Gasteiger charge is -2.24. The minimum atomic E-state index is 0. The molecule has 1 saturated heterocycles. The van der Waals surface area contributed by atoms with Crippen LogP contribution in [0.1, 0.15) is 35.7 Å². The van der Waals surface area contributed by atoms with Crippen LogP contribution in [-0.2, 0) is 6.42 Å². The molecule has 1 aromatic rings. The van der Waals surface area contributed by atoms with Crippen molar-refractivity contribution in [2.45, 2.75) is 32.2 Å². The summed E-state index contributed by atoms with van der Waals surface area (Å²) in [6, 6.07) is 8.44. The monoisotopic (exact) mass is 487 g/mol. The molecule has 2 rings (SSSR count). The van der Waals surface area contributed by atoms with E-state index in [2.05, 4.69) is 33.5 Å². The van der Waals surface area contributed by atoms with Gasteiger partial charge in [-0.1, -0.05) is 19.1 Å². The zero-order chi connectivity index (χ0) is 18.9. The molecule has 0 aromatic heterocycles. The maximum Gasteiger partial charge on any atom is 0.253 e. The van der Waals surface area contributed by atoms with Crippen molar-refractivity contribution in [3.63, 3.8) is 0 Å². The number of guanidine groups is 1. The van der Waals surface area contributed by atoms with Crippen LogP contribution < -0.4 is 10.6 Å². The van der Waals surface area contributed by atoms with Gasteiger partial charge < -0.3 is 15.5 Å². The highest BCUT2D eigenvalue weighted by Crippen LogP contribution is 2.15. The normalized spacial score (nSPS) is 17.3. The van der Waals surface area contributed by atoms with Crippen LogP contribution in [-0.4, -0.2) is 75.0 Å². The molecule has 6 nitrogen and oxygen atoms in total. The van der Waals surface area contributed by atoms with Crippen LogP contribution >= 0.6 is 24.0 Å². The number of carbonyl (C=O) groups is 1. The van der Waals surface area contributed by atoms with Crippen LogP contribution in [0.25, 0.3) is 0 Å². The van der Waals surface area contributed by atoms with E-state index < -0.39 is 0 Å². The Labute approximate surface area is 180 Å². The molecule has 1 unspecified atom stereocenters. The molecule has 2 N–H and O–H groups in total. The Morgan fingerprint density at radius 1 is 1.33 bits per heavy atom. The number of hydrogen-bond acceptors (Lipinski definition) is 3. The van der Waals surface area contributed by atoms with E-state index in [0.717, 1.165) is 43.1 Å². The van der Waals surface area contributed by atoms with E-state index in [0.29, 0.717) is 6.04 Å². The van der Waals surface area contributed by atoms with Crippen molar-refractivity contribution in [3.05, 3.63) is 35.4 Å². The minimum absolute atomic E-state index is 0. The Kier molecular flexibility index (Phi) is 10.7. The van der Waals surface area contributed by atoms with Crippen molar-refractivity contribution in [2.24, 2.45) is 4.99 Å². The van der Waals surface area contributed by atoms with Gasteiger partial charge in [0.15, 0.2) is 5.96 Å². The second-order valence-electron chi connectivity index (χ2n) is 6.95. The smallest absolute Gasteiger partial charge is 0.253 e. The average Bonchev–Trinajstić information content (AvgIpc) is 3.11. The predicted molar refractivity (Wildman–Crippen MR) is 123 cm³/mol. The maximum absolute atomic E-state index is 12.1. The predicted octanol–water partition coefficient (Wildman–Crippen LogP) is 2.20. The quantitative estimate of drug-likeness (QED) is 0.352. The van der Waals surface area contributed by atoms with Crippen LogP contribution in [0.5, 0.6) is 0 Å². The van der Waals surface area contributed by atoms with E-state index >= 15 is 0 Å². The number of aliphatic imine (C=N–C) groups is 1. The molecule has 0 spiro atoms. The number of likely N-dealkylation sites (tertiary alicyclic amines) is 1. The van der Waals surface area contributed by atoms with E-state index in [4.69, 9.17) is 0 Å².